The Balaban J connectivity index is 1.26. The number of rotatable bonds is 5. The molecule has 0 bridgehead atoms. The second-order valence-electron chi connectivity index (χ2n) is 11.8. The second kappa shape index (κ2) is 11.2. The highest BCUT2D eigenvalue weighted by molar-refractivity contribution is 6.22. The van der Waals surface area contributed by atoms with Crippen molar-refractivity contribution in [3.8, 4) is 50.5 Å². The summed E-state index contributed by atoms with van der Waals surface area (Å²) in [4.78, 5) is 9.48. The average Bonchev–Trinajstić information content (AvgIpc) is 3.54. The maximum absolute atomic E-state index is 5.05. The van der Waals surface area contributed by atoms with Gasteiger partial charge in [-0.05, 0) is 79.7 Å². The number of benzene rings is 7. The molecule has 0 radical (unpaired) electrons. The van der Waals surface area contributed by atoms with E-state index in [1.807, 2.05) is 30.6 Å². The summed E-state index contributed by atoms with van der Waals surface area (Å²) < 4.78 is 2.27. The Labute approximate surface area is 273 Å². The summed E-state index contributed by atoms with van der Waals surface area (Å²) in [5.41, 5.74) is 11.4. The van der Waals surface area contributed by atoms with Crippen LogP contribution in [-0.4, -0.2) is 14.5 Å². The van der Waals surface area contributed by atoms with Crippen LogP contribution in [0, 0.1) is 0 Å². The maximum Gasteiger partial charge on any atom is 0.145 e. The van der Waals surface area contributed by atoms with E-state index in [-0.39, 0.29) is 0 Å². The standard InChI is InChI=1S/C44H29N3/c1-2-13-31(14-3-1)44-46-40-22-10-11-23-41(40)47(44)33-26-24-30(25-27-33)42-36-18-6-8-20-38(36)43(39-21-9-7-19-37(39)42)35-17-5-4-16-34(35)32-15-12-28-45-29-32/h1-29H. The van der Waals surface area contributed by atoms with E-state index in [0.29, 0.717) is 0 Å². The van der Waals surface area contributed by atoms with Crippen molar-refractivity contribution in [2.75, 3.05) is 0 Å². The van der Waals surface area contributed by atoms with Gasteiger partial charge in [-0.25, -0.2) is 4.98 Å². The molecule has 0 atom stereocenters. The van der Waals surface area contributed by atoms with Gasteiger partial charge in [-0.15, -0.1) is 0 Å². The molecule has 220 valence electrons. The SMILES string of the molecule is c1ccc(-c2nc3ccccc3n2-c2ccc(-c3c4ccccc4c(-c4ccccc4-c4cccnc4)c4ccccc34)cc2)cc1. The average molecular weight is 600 g/mol. The lowest BCUT2D eigenvalue weighted by Crippen LogP contribution is -1.98. The third-order valence-electron chi connectivity index (χ3n) is 9.11. The zero-order valence-corrected chi connectivity index (χ0v) is 25.6. The number of nitrogens with zero attached hydrogens (tertiary/aromatic N) is 3. The number of fused-ring (bicyclic) bond motifs is 3. The quantitative estimate of drug-likeness (QED) is 0.184. The minimum Gasteiger partial charge on any atom is -0.292 e. The lowest BCUT2D eigenvalue weighted by atomic mass is 9.84. The number of aromatic nitrogens is 3. The zero-order valence-electron chi connectivity index (χ0n) is 25.6. The van der Waals surface area contributed by atoms with Gasteiger partial charge in [-0.3, -0.25) is 9.55 Å². The van der Waals surface area contributed by atoms with Crippen LogP contribution in [0.5, 0.6) is 0 Å². The highest BCUT2D eigenvalue weighted by atomic mass is 15.1. The third kappa shape index (κ3) is 4.52. The van der Waals surface area contributed by atoms with Crippen molar-refractivity contribution < 1.29 is 0 Å². The molecule has 3 nitrogen and oxygen atoms in total. The zero-order chi connectivity index (χ0) is 31.2. The first-order valence-electron chi connectivity index (χ1n) is 15.9. The Morgan fingerprint density at radius 2 is 0.979 bits per heavy atom. The molecule has 0 aliphatic rings. The number of imidazole rings is 1. The van der Waals surface area contributed by atoms with Crippen LogP contribution in [0.25, 0.3) is 83.0 Å². The molecule has 0 saturated carbocycles. The molecule has 0 saturated heterocycles. The Hall–Kier alpha value is -6.32. The monoisotopic (exact) mass is 599 g/mol. The molecule has 0 aliphatic carbocycles. The highest BCUT2D eigenvalue weighted by Gasteiger charge is 2.19. The summed E-state index contributed by atoms with van der Waals surface area (Å²) in [5.74, 6) is 0.937. The number of hydrogen-bond donors (Lipinski definition) is 0. The van der Waals surface area contributed by atoms with Crippen LogP contribution in [0.1, 0.15) is 0 Å². The van der Waals surface area contributed by atoms with E-state index in [1.165, 1.54) is 49.4 Å². The van der Waals surface area contributed by atoms with Gasteiger partial charge >= 0.3 is 0 Å². The van der Waals surface area contributed by atoms with Crippen LogP contribution >= 0.6 is 0 Å². The van der Waals surface area contributed by atoms with E-state index < -0.39 is 0 Å². The van der Waals surface area contributed by atoms with Gasteiger partial charge < -0.3 is 0 Å². The Morgan fingerprint density at radius 1 is 0.404 bits per heavy atom. The molecular formula is C44H29N3. The van der Waals surface area contributed by atoms with Crippen LogP contribution in [-0.2, 0) is 0 Å². The molecule has 2 aromatic heterocycles. The molecule has 9 rings (SSSR count). The maximum atomic E-state index is 5.05. The first-order valence-corrected chi connectivity index (χ1v) is 15.9. The molecule has 0 aliphatic heterocycles. The first kappa shape index (κ1) is 27.0. The second-order valence-corrected chi connectivity index (χ2v) is 11.8. The molecule has 47 heavy (non-hydrogen) atoms. The van der Waals surface area contributed by atoms with Gasteiger partial charge in [0.05, 0.1) is 11.0 Å². The van der Waals surface area contributed by atoms with Gasteiger partial charge in [0.1, 0.15) is 5.82 Å². The minimum atomic E-state index is 0.937. The van der Waals surface area contributed by atoms with Gasteiger partial charge in [0, 0.05) is 29.2 Å². The third-order valence-corrected chi connectivity index (χ3v) is 9.11. The van der Waals surface area contributed by atoms with Gasteiger partial charge in [0.2, 0.25) is 0 Å². The summed E-state index contributed by atoms with van der Waals surface area (Å²) in [6.07, 6.45) is 3.78. The van der Waals surface area contributed by atoms with Crippen molar-refractivity contribution in [1.82, 2.24) is 14.5 Å². The largest absolute Gasteiger partial charge is 0.292 e. The van der Waals surface area contributed by atoms with E-state index in [9.17, 15) is 0 Å². The fourth-order valence-corrected chi connectivity index (χ4v) is 7.05. The van der Waals surface area contributed by atoms with Gasteiger partial charge in [0.15, 0.2) is 0 Å². The highest BCUT2D eigenvalue weighted by Crippen LogP contribution is 2.46. The van der Waals surface area contributed by atoms with Crippen LogP contribution in [0.2, 0.25) is 0 Å². The van der Waals surface area contributed by atoms with Crippen LogP contribution in [0.4, 0.5) is 0 Å². The lowest BCUT2D eigenvalue weighted by Gasteiger charge is -2.20. The van der Waals surface area contributed by atoms with E-state index in [0.717, 1.165) is 33.7 Å². The molecule has 0 spiro atoms. The van der Waals surface area contributed by atoms with E-state index >= 15 is 0 Å². The molecule has 9 aromatic rings. The molecule has 0 N–H and O–H groups in total. The summed E-state index contributed by atoms with van der Waals surface area (Å²) >= 11 is 0. The Morgan fingerprint density at radius 3 is 1.66 bits per heavy atom. The normalized spacial score (nSPS) is 11.4. The van der Waals surface area contributed by atoms with E-state index in [4.69, 9.17) is 4.98 Å². The Bertz CT molecular complexity index is 2490. The van der Waals surface area contributed by atoms with Gasteiger partial charge in [-0.1, -0.05) is 133 Å². The number of pyridine rings is 1. The summed E-state index contributed by atoms with van der Waals surface area (Å²) in [5, 5.41) is 4.92. The first-order chi connectivity index (χ1) is 23.3. The summed E-state index contributed by atoms with van der Waals surface area (Å²) in [6, 6.07) is 58.2. The van der Waals surface area contributed by atoms with E-state index in [1.54, 1.807) is 0 Å². The van der Waals surface area contributed by atoms with Crippen molar-refractivity contribution in [2.45, 2.75) is 0 Å². The Kier molecular flexibility index (Phi) is 6.46. The molecule has 2 heterocycles. The molecular weight excluding hydrogens is 571 g/mol. The predicted molar refractivity (Wildman–Crippen MR) is 196 cm³/mol. The van der Waals surface area contributed by atoms with Crippen LogP contribution in [0.15, 0.2) is 176 Å². The van der Waals surface area contributed by atoms with Crippen molar-refractivity contribution in [3.05, 3.63) is 176 Å². The van der Waals surface area contributed by atoms with Gasteiger partial charge in [-0.2, -0.15) is 0 Å². The molecule has 3 heteroatoms. The number of para-hydroxylation sites is 2. The molecule has 0 fully saturated rings. The molecule has 0 amide bonds. The smallest absolute Gasteiger partial charge is 0.145 e. The van der Waals surface area contributed by atoms with Crippen LogP contribution < -0.4 is 0 Å². The predicted octanol–water partition coefficient (Wildman–Crippen LogP) is 11.4. The van der Waals surface area contributed by atoms with Crippen LogP contribution in [0.3, 0.4) is 0 Å². The van der Waals surface area contributed by atoms with Crippen molar-refractivity contribution in [3.63, 3.8) is 0 Å². The fraction of sp³-hybridized carbons (Fsp3) is 0. The number of hydrogen-bond acceptors (Lipinski definition) is 2. The van der Waals surface area contributed by atoms with Crippen molar-refractivity contribution in [1.29, 1.82) is 0 Å². The van der Waals surface area contributed by atoms with Gasteiger partial charge in [0.25, 0.3) is 0 Å². The lowest BCUT2D eigenvalue weighted by molar-refractivity contribution is 1.10. The molecule has 0 unspecified atom stereocenters. The summed E-state index contributed by atoms with van der Waals surface area (Å²) in [7, 11) is 0. The molecule has 7 aromatic carbocycles. The van der Waals surface area contributed by atoms with E-state index in [2.05, 4.69) is 155 Å². The summed E-state index contributed by atoms with van der Waals surface area (Å²) in [6.45, 7) is 0. The topological polar surface area (TPSA) is 30.7 Å². The van der Waals surface area contributed by atoms with Crippen molar-refractivity contribution in [2.24, 2.45) is 0 Å². The van der Waals surface area contributed by atoms with Crippen molar-refractivity contribution >= 4 is 32.6 Å². The fourth-order valence-electron chi connectivity index (χ4n) is 7.05. The minimum absolute atomic E-state index is 0.937.